The molecule has 0 radical (unpaired) electrons. The van der Waals surface area contributed by atoms with Crippen molar-refractivity contribution in [1.29, 1.82) is 0 Å². The molecule has 0 amide bonds. The molecule has 160 valence electrons. The number of rotatable bonds is 4. The van der Waals surface area contributed by atoms with Crippen molar-refractivity contribution in [2.75, 3.05) is 0 Å². The average Bonchev–Trinajstić information content (AvgIpc) is 3.17. The van der Waals surface area contributed by atoms with Gasteiger partial charge in [-0.3, -0.25) is 4.79 Å². The number of hydrogen-bond acceptors (Lipinski definition) is 3. The number of fused-ring (bicyclic) bond motifs is 1. The van der Waals surface area contributed by atoms with E-state index in [4.69, 9.17) is 16.3 Å². The zero-order valence-electron chi connectivity index (χ0n) is 17.6. The molecule has 0 saturated heterocycles. The van der Waals surface area contributed by atoms with Gasteiger partial charge in [-0.05, 0) is 74.7 Å². The van der Waals surface area contributed by atoms with Crippen molar-refractivity contribution in [3.05, 3.63) is 86.5 Å². The molecule has 0 aliphatic carbocycles. The Morgan fingerprint density at radius 2 is 1.81 bits per heavy atom. The first kappa shape index (κ1) is 21.2. The molecule has 2 heterocycles. The molecule has 0 unspecified atom stereocenters. The summed E-state index contributed by atoms with van der Waals surface area (Å²) in [6, 6.07) is 9.89. The smallest absolute Gasteiger partial charge is 0.224 e. The highest BCUT2D eigenvalue weighted by Crippen LogP contribution is 2.36. The summed E-state index contributed by atoms with van der Waals surface area (Å²) in [5.74, 6) is 0.672. The molecule has 0 saturated carbocycles. The number of aryl methyl sites for hydroxylation is 2. The van der Waals surface area contributed by atoms with Gasteiger partial charge < -0.3 is 19.4 Å². The minimum Gasteiger partial charge on any atom is -0.455 e. The van der Waals surface area contributed by atoms with Gasteiger partial charge in [0.1, 0.15) is 22.1 Å². The van der Waals surface area contributed by atoms with Gasteiger partial charge >= 0.3 is 0 Å². The molecule has 2 N–H and O–H groups in total. The fourth-order valence-electron chi connectivity index (χ4n) is 3.64. The van der Waals surface area contributed by atoms with E-state index in [-0.39, 0.29) is 16.3 Å². The monoisotopic (exact) mass is 440 g/mol. The van der Waals surface area contributed by atoms with E-state index >= 15 is 0 Å². The first-order valence-electron chi connectivity index (χ1n) is 9.76. The molecule has 5 nitrogen and oxygen atoms in total. The third-order valence-electron chi connectivity index (χ3n) is 5.23. The Hall–Kier alpha value is -3.09. The number of hydrogen-bond donors (Lipinski definition) is 2. The van der Waals surface area contributed by atoms with Gasteiger partial charge in [0, 0.05) is 12.4 Å². The van der Waals surface area contributed by atoms with E-state index < -0.39 is 5.60 Å². The molecule has 0 bridgehead atoms. The second-order valence-corrected chi connectivity index (χ2v) is 8.53. The topological polar surface area (TPSA) is 67.2 Å². The van der Waals surface area contributed by atoms with Crippen LogP contribution in [0.1, 0.15) is 30.5 Å². The molecule has 31 heavy (non-hydrogen) atoms. The van der Waals surface area contributed by atoms with Crippen molar-refractivity contribution in [2.45, 2.75) is 33.3 Å². The molecule has 0 fully saturated rings. The van der Waals surface area contributed by atoms with E-state index in [1.54, 1.807) is 62.7 Å². The third-order valence-corrected chi connectivity index (χ3v) is 5.50. The molecule has 7 heteroatoms. The highest BCUT2D eigenvalue weighted by atomic mass is 35.5. The van der Waals surface area contributed by atoms with Gasteiger partial charge in [0.2, 0.25) is 5.43 Å². The van der Waals surface area contributed by atoms with Crippen molar-refractivity contribution < 1.29 is 14.2 Å². The fourth-order valence-corrected chi connectivity index (χ4v) is 3.84. The maximum atomic E-state index is 13.8. The van der Waals surface area contributed by atoms with Gasteiger partial charge in [-0.1, -0.05) is 17.7 Å². The fraction of sp³-hybridized carbons (Fsp3) is 0.208. The summed E-state index contributed by atoms with van der Waals surface area (Å²) in [5.41, 5.74) is 2.11. The Kier molecular flexibility index (Phi) is 5.15. The second-order valence-electron chi connectivity index (χ2n) is 8.13. The Morgan fingerprint density at radius 3 is 2.45 bits per heavy atom. The molecule has 0 aliphatic rings. The molecule has 0 atom stereocenters. The molecule has 2 aromatic carbocycles. The Morgan fingerprint density at radius 1 is 1.13 bits per heavy atom. The number of aromatic nitrogens is 2. The minimum atomic E-state index is -1.10. The Labute approximate surface area is 183 Å². The van der Waals surface area contributed by atoms with E-state index in [0.717, 1.165) is 0 Å². The highest BCUT2D eigenvalue weighted by Gasteiger charge is 2.21. The lowest BCUT2D eigenvalue weighted by atomic mass is 9.97. The molecule has 0 spiro atoms. The lowest BCUT2D eigenvalue weighted by molar-refractivity contribution is 0.0785. The summed E-state index contributed by atoms with van der Waals surface area (Å²) >= 11 is 6.22. The predicted molar refractivity (Wildman–Crippen MR) is 120 cm³/mol. The lowest BCUT2D eigenvalue weighted by Crippen LogP contribution is -2.16. The number of ether oxygens (including phenoxy) is 1. The van der Waals surface area contributed by atoms with Crippen LogP contribution in [-0.4, -0.2) is 14.7 Å². The van der Waals surface area contributed by atoms with Crippen LogP contribution in [0, 0.1) is 19.7 Å². The average molecular weight is 441 g/mol. The van der Waals surface area contributed by atoms with E-state index in [2.05, 4.69) is 4.98 Å². The van der Waals surface area contributed by atoms with Crippen LogP contribution >= 0.6 is 11.6 Å². The summed E-state index contributed by atoms with van der Waals surface area (Å²) < 4.78 is 21.7. The van der Waals surface area contributed by atoms with Gasteiger partial charge in [0.05, 0.1) is 16.8 Å². The molecule has 4 rings (SSSR count). The van der Waals surface area contributed by atoms with Gasteiger partial charge in [0.25, 0.3) is 0 Å². The van der Waals surface area contributed by atoms with Crippen LogP contribution in [0.5, 0.6) is 11.5 Å². The van der Waals surface area contributed by atoms with E-state index in [0.29, 0.717) is 44.9 Å². The maximum absolute atomic E-state index is 13.8. The zero-order chi connectivity index (χ0) is 22.5. The summed E-state index contributed by atoms with van der Waals surface area (Å²) in [6.45, 7) is 6.92. The SMILES string of the molecule is Cc1cc(F)cc(C)c1Oc1ccc(C(C)(C)O)cc1-n1cc(Cl)c(=O)c2[nH]ccc21. The van der Waals surface area contributed by atoms with E-state index in [9.17, 15) is 14.3 Å². The molecular formula is C24H22ClFN2O3. The van der Waals surface area contributed by atoms with E-state index in [1.165, 1.54) is 18.3 Å². The van der Waals surface area contributed by atoms with Crippen LogP contribution < -0.4 is 10.2 Å². The summed E-state index contributed by atoms with van der Waals surface area (Å²) in [6.07, 6.45) is 3.19. The predicted octanol–water partition coefficient (Wildman–Crippen LogP) is 5.75. The number of nitrogens with zero attached hydrogens (tertiary/aromatic N) is 1. The number of pyridine rings is 1. The first-order valence-corrected chi connectivity index (χ1v) is 10.1. The summed E-state index contributed by atoms with van der Waals surface area (Å²) in [7, 11) is 0. The van der Waals surface area contributed by atoms with Crippen molar-refractivity contribution in [3.63, 3.8) is 0 Å². The van der Waals surface area contributed by atoms with Gasteiger partial charge in [0.15, 0.2) is 5.75 Å². The van der Waals surface area contributed by atoms with Crippen molar-refractivity contribution in [2.24, 2.45) is 0 Å². The van der Waals surface area contributed by atoms with Crippen molar-refractivity contribution >= 4 is 22.6 Å². The zero-order valence-corrected chi connectivity index (χ0v) is 18.3. The van der Waals surface area contributed by atoms with Gasteiger partial charge in [-0.15, -0.1) is 0 Å². The number of halogens is 2. The summed E-state index contributed by atoms with van der Waals surface area (Å²) in [4.78, 5) is 15.3. The van der Waals surface area contributed by atoms with Crippen LogP contribution in [0.15, 0.2) is 53.6 Å². The number of aromatic amines is 1. The quantitative estimate of drug-likeness (QED) is 0.424. The largest absolute Gasteiger partial charge is 0.455 e. The van der Waals surface area contributed by atoms with Crippen molar-refractivity contribution in [1.82, 2.24) is 9.55 Å². The molecule has 2 aromatic heterocycles. The first-order chi connectivity index (χ1) is 14.6. The molecular weight excluding hydrogens is 419 g/mol. The summed E-state index contributed by atoms with van der Waals surface area (Å²) in [5, 5.41) is 10.6. The number of H-pyrrole nitrogens is 1. The maximum Gasteiger partial charge on any atom is 0.224 e. The number of benzene rings is 2. The highest BCUT2D eigenvalue weighted by molar-refractivity contribution is 6.31. The molecule has 0 aliphatic heterocycles. The number of aliphatic hydroxyl groups is 1. The Balaban J connectivity index is 1.98. The molecule has 4 aromatic rings. The lowest BCUT2D eigenvalue weighted by Gasteiger charge is -2.22. The van der Waals surface area contributed by atoms with Crippen LogP contribution in [-0.2, 0) is 5.60 Å². The van der Waals surface area contributed by atoms with Crippen molar-refractivity contribution in [3.8, 4) is 17.2 Å². The number of nitrogens with one attached hydrogen (secondary N) is 1. The van der Waals surface area contributed by atoms with E-state index in [1.807, 2.05) is 0 Å². The standard InChI is InChI=1S/C24H22ClFN2O3/c1-13-9-16(26)10-14(2)23(13)31-20-6-5-15(24(3,4)30)11-19(20)28-12-17(25)22(29)21-18(28)7-8-27-21/h5-12,27,30H,1-4H3. The second kappa shape index (κ2) is 7.55. The Bertz CT molecular complexity index is 1340. The van der Waals surface area contributed by atoms with Gasteiger partial charge in [-0.2, -0.15) is 0 Å². The van der Waals surface area contributed by atoms with Crippen LogP contribution in [0.25, 0.3) is 16.7 Å². The van der Waals surface area contributed by atoms with Crippen LogP contribution in [0.2, 0.25) is 5.02 Å². The third kappa shape index (κ3) is 3.84. The van der Waals surface area contributed by atoms with Crippen LogP contribution in [0.4, 0.5) is 4.39 Å². The van der Waals surface area contributed by atoms with Crippen LogP contribution in [0.3, 0.4) is 0 Å². The minimum absolute atomic E-state index is 0.0451. The van der Waals surface area contributed by atoms with Gasteiger partial charge in [-0.25, -0.2) is 4.39 Å². The normalized spacial score (nSPS) is 11.8.